The number of aliphatic hydroxyl groups excluding tert-OH is 1. The summed E-state index contributed by atoms with van der Waals surface area (Å²) in [5.41, 5.74) is 2.81. The maximum Gasteiger partial charge on any atom is 0.311 e. The Labute approximate surface area is 223 Å². The van der Waals surface area contributed by atoms with Crippen molar-refractivity contribution in [2.75, 3.05) is 31.2 Å². The van der Waals surface area contributed by atoms with Gasteiger partial charge >= 0.3 is 5.97 Å². The second-order valence-electron chi connectivity index (χ2n) is 10.6. The summed E-state index contributed by atoms with van der Waals surface area (Å²) in [5.74, 6) is -1.94. The number of carbonyl (C=O) groups is 3. The molecule has 2 bridgehead atoms. The van der Waals surface area contributed by atoms with Crippen molar-refractivity contribution >= 4 is 35.2 Å². The lowest BCUT2D eigenvalue weighted by Gasteiger charge is -2.37. The number of carbonyl (C=O) groups excluding carboxylic acids is 3. The van der Waals surface area contributed by atoms with Gasteiger partial charge in [0, 0.05) is 30.1 Å². The molecule has 5 atom stereocenters. The maximum absolute atomic E-state index is 14.6. The van der Waals surface area contributed by atoms with Crippen LogP contribution in [0.15, 0.2) is 43.5 Å². The van der Waals surface area contributed by atoms with Gasteiger partial charge in [-0.25, -0.2) is 0 Å². The lowest BCUT2D eigenvalue weighted by atomic mass is 9.66. The van der Waals surface area contributed by atoms with Crippen molar-refractivity contribution in [3.05, 3.63) is 54.6 Å². The molecular formula is C29H38N2O5S. The molecule has 37 heavy (non-hydrogen) atoms. The molecule has 3 fully saturated rings. The van der Waals surface area contributed by atoms with E-state index in [1.807, 2.05) is 39.0 Å². The zero-order valence-corrected chi connectivity index (χ0v) is 22.9. The zero-order chi connectivity index (χ0) is 27.0. The van der Waals surface area contributed by atoms with Crippen LogP contribution in [0.25, 0.3) is 0 Å². The Balaban J connectivity index is 1.79. The van der Waals surface area contributed by atoms with Gasteiger partial charge in [0.2, 0.25) is 5.91 Å². The van der Waals surface area contributed by atoms with E-state index in [0.29, 0.717) is 32.4 Å². The zero-order valence-electron chi connectivity index (χ0n) is 22.1. The highest BCUT2D eigenvalue weighted by Gasteiger charge is 2.77. The molecule has 0 aromatic heterocycles. The van der Waals surface area contributed by atoms with Crippen molar-refractivity contribution in [2.45, 2.75) is 62.0 Å². The molecule has 1 aromatic rings. The van der Waals surface area contributed by atoms with Crippen LogP contribution in [0.1, 0.15) is 43.7 Å². The second kappa shape index (κ2) is 10.7. The lowest BCUT2D eigenvalue weighted by Crippen LogP contribution is -2.55. The first-order valence-electron chi connectivity index (χ1n) is 13.0. The minimum absolute atomic E-state index is 0.0175. The van der Waals surface area contributed by atoms with E-state index in [0.717, 1.165) is 23.2 Å². The van der Waals surface area contributed by atoms with Crippen LogP contribution in [-0.4, -0.2) is 69.6 Å². The Hall–Kier alpha value is -2.58. The Morgan fingerprint density at radius 3 is 2.68 bits per heavy atom. The highest BCUT2D eigenvalue weighted by molar-refractivity contribution is 8.02. The third-order valence-electron chi connectivity index (χ3n) is 8.15. The SMILES string of the molecule is C=CCOC(=O)[C@@H]1[C@H]2C(=O)N(CCCCO)C(C(=O)N(CC=C)c3cc(C)ccc3C)C23CC[C@@]1(C)S3. The van der Waals surface area contributed by atoms with E-state index < -0.39 is 33.3 Å². The van der Waals surface area contributed by atoms with E-state index in [2.05, 4.69) is 13.2 Å². The average Bonchev–Trinajstić information content (AvgIpc) is 3.43. The van der Waals surface area contributed by atoms with Crippen LogP contribution < -0.4 is 4.90 Å². The fourth-order valence-electron chi connectivity index (χ4n) is 6.52. The maximum atomic E-state index is 14.6. The number of unbranched alkanes of at least 4 members (excludes halogenated alkanes) is 1. The Kier molecular flexibility index (Phi) is 7.91. The number of esters is 1. The molecule has 1 aromatic carbocycles. The number of amides is 2. The number of hydrogen-bond acceptors (Lipinski definition) is 6. The molecule has 3 heterocycles. The molecule has 0 saturated carbocycles. The van der Waals surface area contributed by atoms with Crippen LogP contribution in [0, 0.1) is 25.7 Å². The normalized spacial score (nSPS) is 29.8. The minimum Gasteiger partial charge on any atom is -0.461 e. The van der Waals surface area contributed by atoms with Crippen molar-refractivity contribution in [1.82, 2.24) is 4.90 Å². The monoisotopic (exact) mass is 526 g/mol. The Morgan fingerprint density at radius 2 is 2.00 bits per heavy atom. The van der Waals surface area contributed by atoms with Gasteiger partial charge in [-0.1, -0.05) is 30.9 Å². The van der Waals surface area contributed by atoms with Gasteiger partial charge in [0.05, 0.1) is 16.6 Å². The average molecular weight is 527 g/mol. The van der Waals surface area contributed by atoms with Gasteiger partial charge in [0.25, 0.3) is 5.91 Å². The fourth-order valence-corrected chi connectivity index (χ4v) is 8.86. The molecule has 4 rings (SSSR count). The number of aliphatic hydroxyl groups is 1. The van der Waals surface area contributed by atoms with Gasteiger partial charge in [0.15, 0.2) is 0 Å². The third kappa shape index (κ3) is 4.52. The van der Waals surface area contributed by atoms with Gasteiger partial charge in [-0.15, -0.1) is 18.3 Å². The van der Waals surface area contributed by atoms with E-state index >= 15 is 0 Å². The van der Waals surface area contributed by atoms with Crippen molar-refractivity contribution in [1.29, 1.82) is 0 Å². The molecule has 3 aliphatic rings. The van der Waals surface area contributed by atoms with Crippen molar-refractivity contribution in [3.8, 4) is 0 Å². The lowest BCUT2D eigenvalue weighted by molar-refractivity contribution is -0.154. The van der Waals surface area contributed by atoms with Crippen LogP contribution in [-0.2, 0) is 19.1 Å². The Bertz CT molecular complexity index is 1110. The number of nitrogens with zero attached hydrogens (tertiary/aromatic N) is 2. The number of anilines is 1. The number of fused-ring (bicyclic) bond motifs is 1. The smallest absolute Gasteiger partial charge is 0.311 e. The molecule has 7 nitrogen and oxygen atoms in total. The summed E-state index contributed by atoms with van der Waals surface area (Å²) < 4.78 is 4.29. The molecule has 3 aliphatic heterocycles. The Morgan fingerprint density at radius 1 is 1.24 bits per heavy atom. The summed E-state index contributed by atoms with van der Waals surface area (Å²) >= 11 is 1.63. The molecule has 0 aliphatic carbocycles. The largest absolute Gasteiger partial charge is 0.461 e. The van der Waals surface area contributed by atoms with Gasteiger partial charge in [-0.2, -0.15) is 0 Å². The molecule has 2 unspecified atom stereocenters. The van der Waals surface area contributed by atoms with E-state index in [1.54, 1.807) is 27.6 Å². The number of likely N-dealkylation sites (tertiary alicyclic amines) is 1. The minimum atomic E-state index is -0.715. The predicted molar refractivity (Wildman–Crippen MR) is 146 cm³/mol. The molecule has 8 heteroatoms. The van der Waals surface area contributed by atoms with Crippen LogP contribution in [0.4, 0.5) is 5.69 Å². The van der Waals surface area contributed by atoms with Gasteiger partial charge in [-0.05, 0) is 63.6 Å². The summed E-state index contributed by atoms with van der Waals surface area (Å²) in [6, 6.07) is 5.29. The first-order chi connectivity index (χ1) is 17.6. The van der Waals surface area contributed by atoms with E-state index in [1.165, 1.54) is 6.08 Å². The van der Waals surface area contributed by atoms with Gasteiger partial charge in [0.1, 0.15) is 12.6 Å². The highest BCUT2D eigenvalue weighted by atomic mass is 32.2. The van der Waals surface area contributed by atoms with Crippen molar-refractivity contribution < 1.29 is 24.2 Å². The highest BCUT2D eigenvalue weighted by Crippen LogP contribution is 2.71. The number of hydrogen-bond donors (Lipinski definition) is 1. The quantitative estimate of drug-likeness (QED) is 0.268. The van der Waals surface area contributed by atoms with E-state index in [-0.39, 0.29) is 25.0 Å². The van der Waals surface area contributed by atoms with Gasteiger partial charge in [-0.3, -0.25) is 14.4 Å². The number of benzene rings is 1. The van der Waals surface area contributed by atoms with Crippen LogP contribution >= 0.6 is 11.8 Å². The topological polar surface area (TPSA) is 87.1 Å². The first-order valence-corrected chi connectivity index (χ1v) is 13.9. The van der Waals surface area contributed by atoms with E-state index in [9.17, 15) is 19.5 Å². The summed E-state index contributed by atoms with van der Waals surface area (Å²) in [4.78, 5) is 45.3. The van der Waals surface area contributed by atoms with Crippen LogP contribution in [0.5, 0.6) is 0 Å². The second-order valence-corrected chi connectivity index (χ2v) is 12.5. The summed E-state index contributed by atoms with van der Waals surface area (Å²) in [7, 11) is 0. The van der Waals surface area contributed by atoms with E-state index in [4.69, 9.17) is 4.74 Å². The van der Waals surface area contributed by atoms with Crippen molar-refractivity contribution in [2.24, 2.45) is 11.8 Å². The van der Waals surface area contributed by atoms with Crippen LogP contribution in [0.2, 0.25) is 0 Å². The number of aryl methyl sites for hydroxylation is 2. The molecule has 3 saturated heterocycles. The molecular weight excluding hydrogens is 488 g/mol. The summed E-state index contributed by atoms with van der Waals surface area (Å²) in [6.45, 7) is 14.3. The predicted octanol–water partition coefficient (Wildman–Crippen LogP) is 3.81. The first kappa shape index (κ1) is 27.5. The summed E-state index contributed by atoms with van der Waals surface area (Å²) in [6.07, 6.45) is 5.75. The molecule has 2 amide bonds. The number of rotatable bonds is 11. The standard InChI is InChI=1S/C29H38N2O5S/c1-6-14-30(21-18-19(3)10-11-20(21)4)26(34)24-29-13-12-28(5,37-29)23(27(35)36-17-7-2)22(29)25(33)31(24)15-8-9-16-32/h6-7,10-11,18,22-24,32H,1-2,8-9,12-17H2,3-5H3/t22-,23-,24?,28+,29?/m0/s1. The van der Waals surface area contributed by atoms with Gasteiger partial charge < -0.3 is 19.6 Å². The molecule has 0 radical (unpaired) electrons. The fraction of sp³-hybridized carbons (Fsp3) is 0.552. The van der Waals surface area contributed by atoms with Crippen molar-refractivity contribution in [3.63, 3.8) is 0 Å². The third-order valence-corrected chi connectivity index (χ3v) is 10.1. The molecule has 200 valence electrons. The number of thioether (sulfide) groups is 1. The molecule has 1 N–H and O–H groups in total. The summed E-state index contributed by atoms with van der Waals surface area (Å²) in [5, 5.41) is 9.38. The van der Waals surface area contributed by atoms with Crippen LogP contribution in [0.3, 0.4) is 0 Å². The molecule has 1 spiro atoms. The number of ether oxygens (including phenoxy) is 1.